The molecule has 2 aromatic rings. The maximum absolute atomic E-state index is 6.82. The Morgan fingerprint density at radius 1 is 0.885 bits per heavy atom. The number of benzene rings is 2. The topological polar surface area (TPSA) is 35.2 Å². The zero-order valence-electron chi connectivity index (χ0n) is 16.7. The van der Waals surface area contributed by atoms with Gasteiger partial charge in [0, 0.05) is 12.6 Å². The van der Waals surface area contributed by atoms with Crippen molar-refractivity contribution < 1.29 is 4.43 Å². The van der Waals surface area contributed by atoms with Gasteiger partial charge in [-0.3, -0.25) is 0 Å². The molecule has 2 rings (SSSR count). The van der Waals surface area contributed by atoms with Gasteiger partial charge in [0.25, 0.3) is 8.32 Å². The first-order valence-electron chi connectivity index (χ1n) is 10.1. The molecule has 0 amide bonds. The highest BCUT2D eigenvalue weighted by Gasteiger charge is 2.38. The molecule has 142 valence electrons. The SMILES string of the molecule is CCCC[Si](OCCCC(N)C(C)C)(c1ccccc1)c1ccccc1. The van der Waals surface area contributed by atoms with Crippen LogP contribution in [0.25, 0.3) is 0 Å². The number of nitrogens with two attached hydrogens (primary N) is 1. The molecule has 0 spiro atoms. The predicted molar refractivity (Wildman–Crippen MR) is 116 cm³/mol. The zero-order valence-corrected chi connectivity index (χ0v) is 17.7. The van der Waals surface area contributed by atoms with Crippen LogP contribution in [-0.2, 0) is 4.43 Å². The number of rotatable bonds is 11. The molecule has 0 heterocycles. The lowest BCUT2D eigenvalue weighted by Gasteiger charge is -2.33. The van der Waals surface area contributed by atoms with Crippen molar-refractivity contribution in [2.45, 2.75) is 58.5 Å². The minimum atomic E-state index is -2.21. The fourth-order valence-electron chi connectivity index (χ4n) is 3.43. The molecule has 0 fully saturated rings. The minimum Gasteiger partial charge on any atom is -0.408 e. The Morgan fingerprint density at radius 2 is 1.42 bits per heavy atom. The van der Waals surface area contributed by atoms with Gasteiger partial charge in [-0.05, 0) is 35.2 Å². The van der Waals surface area contributed by atoms with E-state index in [-0.39, 0.29) is 6.04 Å². The Balaban J connectivity index is 2.24. The lowest BCUT2D eigenvalue weighted by Crippen LogP contribution is -2.60. The first-order valence-corrected chi connectivity index (χ1v) is 12.2. The van der Waals surface area contributed by atoms with E-state index in [1.807, 2.05) is 0 Å². The average molecular weight is 370 g/mol. The molecule has 26 heavy (non-hydrogen) atoms. The van der Waals surface area contributed by atoms with Crippen LogP contribution < -0.4 is 16.1 Å². The molecular formula is C23H35NOSi. The average Bonchev–Trinajstić information content (AvgIpc) is 2.68. The van der Waals surface area contributed by atoms with Gasteiger partial charge in [0.2, 0.25) is 0 Å². The van der Waals surface area contributed by atoms with Crippen molar-refractivity contribution in [2.24, 2.45) is 11.7 Å². The molecule has 0 aliphatic rings. The molecule has 0 bridgehead atoms. The van der Waals surface area contributed by atoms with Crippen molar-refractivity contribution in [1.82, 2.24) is 0 Å². The summed E-state index contributed by atoms with van der Waals surface area (Å²) < 4.78 is 6.82. The molecule has 2 aromatic carbocycles. The quantitative estimate of drug-likeness (QED) is 0.473. The van der Waals surface area contributed by atoms with E-state index >= 15 is 0 Å². The van der Waals surface area contributed by atoms with Gasteiger partial charge in [0.1, 0.15) is 0 Å². The molecule has 0 radical (unpaired) electrons. The lowest BCUT2D eigenvalue weighted by molar-refractivity contribution is 0.291. The molecule has 0 saturated carbocycles. The molecule has 0 aliphatic heterocycles. The Hall–Kier alpha value is -1.42. The van der Waals surface area contributed by atoms with Crippen molar-refractivity contribution in [3.8, 4) is 0 Å². The van der Waals surface area contributed by atoms with Gasteiger partial charge in [0.15, 0.2) is 0 Å². The maximum atomic E-state index is 6.82. The van der Waals surface area contributed by atoms with Crippen LogP contribution >= 0.6 is 0 Å². The van der Waals surface area contributed by atoms with Gasteiger partial charge in [0.05, 0.1) is 0 Å². The molecule has 1 atom stereocenters. The number of hydrogen-bond acceptors (Lipinski definition) is 2. The van der Waals surface area contributed by atoms with E-state index in [2.05, 4.69) is 81.4 Å². The molecule has 3 heteroatoms. The fraction of sp³-hybridized carbons (Fsp3) is 0.478. The summed E-state index contributed by atoms with van der Waals surface area (Å²) in [5, 5.41) is 2.76. The molecule has 0 aromatic heterocycles. The van der Waals surface area contributed by atoms with Crippen LogP contribution in [0.5, 0.6) is 0 Å². The normalized spacial score (nSPS) is 13.1. The Bertz CT molecular complexity index is 575. The summed E-state index contributed by atoms with van der Waals surface area (Å²) in [7, 11) is -2.21. The zero-order chi connectivity index (χ0) is 18.8. The van der Waals surface area contributed by atoms with Gasteiger partial charge < -0.3 is 10.2 Å². The fourth-order valence-corrected chi connectivity index (χ4v) is 7.63. The second kappa shape index (κ2) is 10.7. The van der Waals surface area contributed by atoms with Crippen molar-refractivity contribution in [1.29, 1.82) is 0 Å². The number of hydrogen-bond donors (Lipinski definition) is 1. The van der Waals surface area contributed by atoms with E-state index in [9.17, 15) is 0 Å². The first-order chi connectivity index (χ1) is 12.6. The third-order valence-corrected chi connectivity index (χ3v) is 9.54. The van der Waals surface area contributed by atoms with Crippen molar-refractivity contribution >= 4 is 18.7 Å². The van der Waals surface area contributed by atoms with Crippen LogP contribution in [0.3, 0.4) is 0 Å². The summed E-state index contributed by atoms with van der Waals surface area (Å²) in [6, 6.07) is 23.2. The Morgan fingerprint density at radius 3 is 1.88 bits per heavy atom. The monoisotopic (exact) mass is 369 g/mol. The molecule has 0 saturated heterocycles. The first kappa shape index (κ1) is 20.9. The third-order valence-electron chi connectivity index (χ3n) is 5.25. The van der Waals surface area contributed by atoms with Crippen molar-refractivity contribution in [2.75, 3.05) is 6.61 Å². The van der Waals surface area contributed by atoms with E-state index in [4.69, 9.17) is 10.2 Å². The second-order valence-corrected chi connectivity index (χ2v) is 11.2. The van der Waals surface area contributed by atoms with Gasteiger partial charge >= 0.3 is 0 Å². The standard InChI is InChI=1S/C23H35NOSi/c1-4-5-19-26(21-13-8-6-9-14-21,22-15-10-7-11-16-22)25-18-12-17-23(24)20(2)3/h6-11,13-16,20,23H,4-5,12,17-19,24H2,1-3H3. The van der Waals surface area contributed by atoms with Crippen molar-refractivity contribution in [3.63, 3.8) is 0 Å². The minimum absolute atomic E-state index is 0.263. The highest BCUT2D eigenvalue weighted by Crippen LogP contribution is 2.18. The van der Waals surface area contributed by atoms with Crippen LogP contribution in [0.15, 0.2) is 60.7 Å². The molecule has 2 N–H and O–H groups in total. The van der Waals surface area contributed by atoms with Gasteiger partial charge in [-0.15, -0.1) is 0 Å². The van der Waals surface area contributed by atoms with Crippen LogP contribution in [0.4, 0.5) is 0 Å². The van der Waals surface area contributed by atoms with E-state index < -0.39 is 8.32 Å². The van der Waals surface area contributed by atoms with Crippen LogP contribution in [-0.4, -0.2) is 21.0 Å². The Labute approximate surface area is 160 Å². The second-order valence-electron chi connectivity index (χ2n) is 7.56. The summed E-state index contributed by atoms with van der Waals surface area (Å²) in [6.07, 6.45) is 4.44. The maximum Gasteiger partial charge on any atom is 0.255 e. The highest BCUT2D eigenvalue weighted by molar-refractivity contribution is 6.97. The van der Waals surface area contributed by atoms with E-state index in [0.717, 1.165) is 25.5 Å². The highest BCUT2D eigenvalue weighted by atomic mass is 28.4. The van der Waals surface area contributed by atoms with Crippen molar-refractivity contribution in [3.05, 3.63) is 60.7 Å². The summed E-state index contributed by atoms with van der Waals surface area (Å²) in [5.41, 5.74) is 6.22. The third kappa shape index (κ3) is 5.54. The summed E-state index contributed by atoms with van der Waals surface area (Å²) >= 11 is 0. The summed E-state index contributed by atoms with van der Waals surface area (Å²) in [5.74, 6) is 0.528. The van der Waals surface area contributed by atoms with Gasteiger partial charge in [-0.25, -0.2) is 0 Å². The van der Waals surface area contributed by atoms with Crippen LogP contribution in [0.1, 0.15) is 46.5 Å². The van der Waals surface area contributed by atoms with E-state index in [0.29, 0.717) is 5.92 Å². The lowest BCUT2D eigenvalue weighted by atomic mass is 10.0. The van der Waals surface area contributed by atoms with E-state index in [1.165, 1.54) is 23.2 Å². The largest absolute Gasteiger partial charge is 0.408 e. The van der Waals surface area contributed by atoms with Gasteiger partial charge in [-0.2, -0.15) is 0 Å². The smallest absolute Gasteiger partial charge is 0.255 e. The predicted octanol–water partition coefficient (Wildman–Crippen LogP) is 4.33. The van der Waals surface area contributed by atoms with Gasteiger partial charge in [-0.1, -0.05) is 94.3 Å². The Kier molecular flexibility index (Phi) is 8.56. The summed E-state index contributed by atoms with van der Waals surface area (Å²) in [6.45, 7) is 7.44. The van der Waals surface area contributed by atoms with Crippen LogP contribution in [0, 0.1) is 5.92 Å². The molecule has 1 unspecified atom stereocenters. The summed E-state index contributed by atoms with van der Waals surface area (Å²) in [4.78, 5) is 0. The number of unbranched alkanes of at least 4 members (excludes halogenated alkanes) is 1. The van der Waals surface area contributed by atoms with E-state index in [1.54, 1.807) is 0 Å². The molecule has 2 nitrogen and oxygen atoms in total. The molecular weight excluding hydrogens is 334 g/mol. The van der Waals surface area contributed by atoms with Crippen LogP contribution in [0.2, 0.25) is 6.04 Å². The molecule has 0 aliphatic carbocycles.